The van der Waals surface area contributed by atoms with Crippen molar-refractivity contribution in [2.45, 2.75) is 6.92 Å². The zero-order chi connectivity index (χ0) is 17.4. The highest BCUT2D eigenvalue weighted by Gasteiger charge is 2.12. The minimum absolute atomic E-state index is 0.0436. The number of amides is 1. The van der Waals surface area contributed by atoms with Crippen molar-refractivity contribution >= 4 is 11.6 Å². The number of aryl methyl sites for hydroxylation is 1. The van der Waals surface area contributed by atoms with Crippen molar-refractivity contribution in [1.82, 2.24) is 10.2 Å². The molecule has 0 saturated carbocycles. The third kappa shape index (κ3) is 5.26. The second kappa shape index (κ2) is 8.91. The highest BCUT2D eigenvalue weighted by molar-refractivity contribution is 5.97. The maximum atomic E-state index is 12.0. The largest absolute Gasteiger partial charge is 0.506 e. The standard InChI is InChI=1S/C17H22N4O3/c1-13-2-3-16(22)15(10-13)20-12-14(11-18)17(23)19-4-5-21-6-8-24-9-7-21/h2-3,10,12,20,22H,4-9H2,1H3,(H,19,23)/b14-12-. The molecule has 0 radical (unpaired) electrons. The molecule has 1 fully saturated rings. The fraction of sp³-hybridized carbons (Fsp3) is 0.412. The van der Waals surface area contributed by atoms with Gasteiger partial charge in [-0.15, -0.1) is 0 Å². The smallest absolute Gasteiger partial charge is 0.263 e. The predicted octanol–water partition coefficient (Wildman–Crippen LogP) is 0.968. The van der Waals surface area contributed by atoms with Crippen LogP contribution in [0.1, 0.15) is 5.56 Å². The van der Waals surface area contributed by atoms with E-state index in [9.17, 15) is 9.90 Å². The summed E-state index contributed by atoms with van der Waals surface area (Å²) in [5.74, 6) is -0.382. The van der Waals surface area contributed by atoms with Gasteiger partial charge in [0.1, 0.15) is 17.4 Å². The van der Waals surface area contributed by atoms with Crippen molar-refractivity contribution in [2.75, 3.05) is 44.7 Å². The number of carbonyl (C=O) groups is 1. The fourth-order valence-corrected chi connectivity index (χ4v) is 2.31. The molecule has 0 aromatic heterocycles. The van der Waals surface area contributed by atoms with Gasteiger partial charge in [0, 0.05) is 32.4 Å². The van der Waals surface area contributed by atoms with E-state index in [4.69, 9.17) is 10.00 Å². The number of anilines is 1. The second-order valence-electron chi connectivity index (χ2n) is 5.54. The lowest BCUT2D eigenvalue weighted by Gasteiger charge is -2.26. The first-order valence-corrected chi connectivity index (χ1v) is 7.85. The van der Waals surface area contributed by atoms with Gasteiger partial charge in [0.05, 0.1) is 18.9 Å². The minimum atomic E-state index is -0.439. The number of rotatable bonds is 6. The molecule has 1 amide bonds. The molecule has 1 heterocycles. The average molecular weight is 330 g/mol. The van der Waals surface area contributed by atoms with Gasteiger partial charge >= 0.3 is 0 Å². The molecule has 1 aliphatic heterocycles. The zero-order valence-corrected chi connectivity index (χ0v) is 13.7. The van der Waals surface area contributed by atoms with Gasteiger partial charge < -0.3 is 20.5 Å². The normalized spacial score (nSPS) is 15.6. The van der Waals surface area contributed by atoms with Crippen LogP contribution in [0.4, 0.5) is 5.69 Å². The lowest BCUT2D eigenvalue weighted by molar-refractivity contribution is -0.117. The Bertz CT molecular complexity index is 646. The van der Waals surface area contributed by atoms with Crippen LogP contribution in [0.25, 0.3) is 0 Å². The van der Waals surface area contributed by atoms with Crippen molar-refractivity contribution in [1.29, 1.82) is 5.26 Å². The second-order valence-corrected chi connectivity index (χ2v) is 5.54. The van der Waals surface area contributed by atoms with Gasteiger partial charge in [0.25, 0.3) is 5.91 Å². The summed E-state index contributed by atoms with van der Waals surface area (Å²) in [4.78, 5) is 14.2. The van der Waals surface area contributed by atoms with Crippen LogP contribution in [0, 0.1) is 18.3 Å². The predicted molar refractivity (Wildman–Crippen MR) is 90.4 cm³/mol. The Morgan fingerprint density at radius 1 is 1.46 bits per heavy atom. The molecular formula is C17H22N4O3. The summed E-state index contributed by atoms with van der Waals surface area (Å²) in [7, 11) is 0. The monoisotopic (exact) mass is 330 g/mol. The number of morpholine rings is 1. The van der Waals surface area contributed by atoms with E-state index in [0.29, 0.717) is 25.4 Å². The molecule has 7 nitrogen and oxygen atoms in total. The highest BCUT2D eigenvalue weighted by Crippen LogP contribution is 2.23. The SMILES string of the molecule is Cc1ccc(O)c(N/C=C(/C#N)C(=O)NCCN2CCOCC2)c1. The molecule has 1 aliphatic rings. The van der Waals surface area contributed by atoms with Gasteiger partial charge in [-0.3, -0.25) is 9.69 Å². The molecule has 1 aromatic carbocycles. The molecule has 1 aromatic rings. The quantitative estimate of drug-likeness (QED) is 0.408. The van der Waals surface area contributed by atoms with Crippen LogP contribution in [0.15, 0.2) is 30.0 Å². The van der Waals surface area contributed by atoms with Crippen LogP contribution in [0.3, 0.4) is 0 Å². The van der Waals surface area contributed by atoms with E-state index in [-0.39, 0.29) is 11.3 Å². The Morgan fingerprint density at radius 2 is 2.21 bits per heavy atom. The summed E-state index contributed by atoms with van der Waals surface area (Å²) in [6.07, 6.45) is 1.30. The zero-order valence-electron chi connectivity index (χ0n) is 13.7. The van der Waals surface area contributed by atoms with E-state index in [1.54, 1.807) is 18.2 Å². The van der Waals surface area contributed by atoms with Crippen LogP contribution >= 0.6 is 0 Å². The number of carbonyl (C=O) groups excluding carboxylic acids is 1. The minimum Gasteiger partial charge on any atom is -0.506 e. The van der Waals surface area contributed by atoms with E-state index in [1.165, 1.54) is 6.20 Å². The van der Waals surface area contributed by atoms with Gasteiger partial charge in [-0.1, -0.05) is 6.07 Å². The van der Waals surface area contributed by atoms with E-state index in [0.717, 1.165) is 25.2 Å². The summed E-state index contributed by atoms with van der Waals surface area (Å²) in [6, 6.07) is 6.93. The van der Waals surface area contributed by atoms with Gasteiger partial charge in [0.15, 0.2) is 0 Å². The first kappa shape index (κ1) is 17.8. The van der Waals surface area contributed by atoms with E-state index in [2.05, 4.69) is 15.5 Å². The summed E-state index contributed by atoms with van der Waals surface area (Å²) in [5, 5.41) is 24.4. The van der Waals surface area contributed by atoms with Crippen LogP contribution in [-0.4, -0.2) is 55.3 Å². The molecule has 0 spiro atoms. The maximum absolute atomic E-state index is 12.0. The Hall–Kier alpha value is -2.56. The summed E-state index contributed by atoms with van der Waals surface area (Å²) < 4.78 is 5.26. The first-order chi connectivity index (χ1) is 11.6. The summed E-state index contributed by atoms with van der Waals surface area (Å²) in [6.45, 7) is 6.20. The van der Waals surface area contributed by atoms with E-state index >= 15 is 0 Å². The van der Waals surface area contributed by atoms with Crippen molar-refractivity contribution in [3.8, 4) is 11.8 Å². The number of hydrogen-bond donors (Lipinski definition) is 3. The van der Waals surface area contributed by atoms with Crippen molar-refractivity contribution < 1.29 is 14.6 Å². The lowest BCUT2D eigenvalue weighted by Crippen LogP contribution is -2.41. The fourth-order valence-electron chi connectivity index (χ4n) is 2.31. The number of nitriles is 1. The topological polar surface area (TPSA) is 97.6 Å². The molecule has 3 N–H and O–H groups in total. The Balaban J connectivity index is 1.86. The number of ether oxygens (including phenoxy) is 1. The number of phenolic OH excluding ortho intramolecular Hbond substituents is 1. The van der Waals surface area contributed by atoms with E-state index < -0.39 is 5.91 Å². The third-order valence-electron chi connectivity index (χ3n) is 3.71. The Morgan fingerprint density at radius 3 is 2.92 bits per heavy atom. The van der Waals surface area contributed by atoms with E-state index in [1.807, 2.05) is 13.0 Å². The summed E-state index contributed by atoms with van der Waals surface area (Å²) in [5.41, 5.74) is 1.36. The maximum Gasteiger partial charge on any atom is 0.263 e. The number of benzene rings is 1. The van der Waals surface area contributed by atoms with Crippen LogP contribution < -0.4 is 10.6 Å². The first-order valence-electron chi connectivity index (χ1n) is 7.85. The molecule has 2 rings (SSSR count). The molecule has 0 aliphatic carbocycles. The van der Waals surface area contributed by atoms with Crippen molar-refractivity contribution in [3.05, 3.63) is 35.5 Å². The van der Waals surface area contributed by atoms with Gasteiger partial charge in [-0.2, -0.15) is 5.26 Å². The Kier molecular flexibility index (Phi) is 6.61. The Labute approximate surface area is 141 Å². The number of nitrogens with one attached hydrogen (secondary N) is 2. The number of aromatic hydroxyl groups is 1. The highest BCUT2D eigenvalue weighted by atomic mass is 16.5. The third-order valence-corrected chi connectivity index (χ3v) is 3.71. The number of hydrogen-bond acceptors (Lipinski definition) is 6. The van der Waals surface area contributed by atoms with Gasteiger partial charge in [-0.25, -0.2) is 0 Å². The number of nitrogens with zero attached hydrogens (tertiary/aromatic N) is 2. The van der Waals surface area contributed by atoms with Crippen LogP contribution in [0.5, 0.6) is 5.75 Å². The van der Waals surface area contributed by atoms with Gasteiger partial charge in [-0.05, 0) is 24.6 Å². The summed E-state index contributed by atoms with van der Waals surface area (Å²) >= 11 is 0. The molecule has 1 saturated heterocycles. The van der Waals surface area contributed by atoms with Gasteiger partial charge in [0.2, 0.25) is 0 Å². The molecule has 0 bridgehead atoms. The lowest BCUT2D eigenvalue weighted by atomic mass is 10.2. The van der Waals surface area contributed by atoms with Crippen LogP contribution in [-0.2, 0) is 9.53 Å². The molecule has 24 heavy (non-hydrogen) atoms. The van der Waals surface area contributed by atoms with Crippen molar-refractivity contribution in [3.63, 3.8) is 0 Å². The molecule has 0 unspecified atom stereocenters. The molecule has 7 heteroatoms. The van der Waals surface area contributed by atoms with Crippen molar-refractivity contribution in [2.24, 2.45) is 0 Å². The molecule has 128 valence electrons. The average Bonchev–Trinajstić information content (AvgIpc) is 2.59. The molecule has 0 atom stereocenters. The number of phenols is 1. The van der Waals surface area contributed by atoms with Crippen LogP contribution in [0.2, 0.25) is 0 Å². The molecular weight excluding hydrogens is 308 g/mol.